The summed E-state index contributed by atoms with van der Waals surface area (Å²) in [7, 11) is 3.50. The van der Waals surface area contributed by atoms with Gasteiger partial charge in [0, 0.05) is 20.0 Å². The first-order valence-corrected chi connectivity index (χ1v) is 4.17. The van der Waals surface area contributed by atoms with Crippen LogP contribution >= 0.6 is 0 Å². The van der Waals surface area contributed by atoms with Gasteiger partial charge in [-0.25, -0.2) is 0 Å². The van der Waals surface area contributed by atoms with E-state index in [0.29, 0.717) is 13.0 Å². The van der Waals surface area contributed by atoms with Gasteiger partial charge in [-0.15, -0.1) is 0 Å². The first-order chi connectivity index (χ1) is 5.70. The van der Waals surface area contributed by atoms with Gasteiger partial charge >= 0.3 is 0 Å². The molecule has 4 heteroatoms. The van der Waals surface area contributed by atoms with E-state index in [1.165, 1.54) is 0 Å². The van der Waals surface area contributed by atoms with Gasteiger partial charge in [0.2, 0.25) is 5.91 Å². The van der Waals surface area contributed by atoms with Crippen molar-refractivity contribution in [2.45, 2.75) is 19.4 Å². The molecule has 0 heterocycles. The van der Waals surface area contributed by atoms with Gasteiger partial charge in [-0.05, 0) is 14.0 Å². The van der Waals surface area contributed by atoms with Crippen LogP contribution in [-0.2, 0) is 9.53 Å². The fourth-order valence-electron chi connectivity index (χ4n) is 0.824. The molecule has 1 atom stereocenters. The zero-order chi connectivity index (χ0) is 9.40. The Morgan fingerprint density at radius 1 is 1.50 bits per heavy atom. The molecule has 72 valence electrons. The average molecular weight is 174 g/mol. The normalized spacial score (nSPS) is 12.6. The van der Waals surface area contributed by atoms with Crippen LogP contribution in [0.25, 0.3) is 0 Å². The summed E-state index contributed by atoms with van der Waals surface area (Å²) in [4.78, 5) is 10.7. The topological polar surface area (TPSA) is 50.4 Å². The molecule has 0 saturated carbocycles. The van der Waals surface area contributed by atoms with Crippen LogP contribution < -0.4 is 10.6 Å². The van der Waals surface area contributed by atoms with E-state index < -0.39 is 0 Å². The summed E-state index contributed by atoms with van der Waals surface area (Å²) >= 11 is 0. The van der Waals surface area contributed by atoms with Crippen LogP contribution in [-0.4, -0.2) is 39.3 Å². The summed E-state index contributed by atoms with van der Waals surface area (Å²) in [6.45, 7) is 3.27. The van der Waals surface area contributed by atoms with Gasteiger partial charge in [0.15, 0.2) is 0 Å². The molecular weight excluding hydrogens is 156 g/mol. The average Bonchev–Trinajstić information content (AvgIpc) is 2.04. The maximum absolute atomic E-state index is 10.7. The molecule has 4 nitrogen and oxygen atoms in total. The lowest BCUT2D eigenvalue weighted by molar-refractivity contribution is -0.122. The molecule has 0 bridgehead atoms. The number of carbonyl (C=O) groups is 1. The van der Waals surface area contributed by atoms with E-state index in [-0.39, 0.29) is 12.0 Å². The molecule has 0 spiro atoms. The second-order valence-electron chi connectivity index (χ2n) is 2.66. The van der Waals surface area contributed by atoms with Crippen molar-refractivity contribution in [3.05, 3.63) is 0 Å². The van der Waals surface area contributed by atoms with Crippen LogP contribution in [0.3, 0.4) is 0 Å². The highest BCUT2D eigenvalue weighted by atomic mass is 16.5. The molecule has 0 radical (unpaired) electrons. The lowest BCUT2D eigenvalue weighted by Gasteiger charge is -2.11. The van der Waals surface area contributed by atoms with Crippen LogP contribution in [0.1, 0.15) is 13.3 Å². The SMILES string of the molecule is CNCC(C)OCCC(=O)NC. The van der Waals surface area contributed by atoms with E-state index in [0.717, 1.165) is 6.54 Å². The fraction of sp³-hybridized carbons (Fsp3) is 0.875. The Morgan fingerprint density at radius 2 is 2.17 bits per heavy atom. The molecule has 0 aliphatic carbocycles. The molecule has 0 fully saturated rings. The predicted octanol–water partition coefficient (Wildman–Crippen LogP) is -0.253. The summed E-state index contributed by atoms with van der Waals surface area (Å²) < 4.78 is 5.33. The van der Waals surface area contributed by atoms with Gasteiger partial charge in [0.05, 0.1) is 12.7 Å². The highest BCUT2D eigenvalue weighted by Crippen LogP contribution is 1.90. The smallest absolute Gasteiger partial charge is 0.222 e. The fourth-order valence-corrected chi connectivity index (χ4v) is 0.824. The van der Waals surface area contributed by atoms with Crippen molar-refractivity contribution < 1.29 is 9.53 Å². The van der Waals surface area contributed by atoms with Crippen molar-refractivity contribution in [3.63, 3.8) is 0 Å². The number of nitrogens with one attached hydrogen (secondary N) is 2. The number of hydrogen-bond donors (Lipinski definition) is 2. The van der Waals surface area contributed by atoms with E-state index in [1.807, 2.05) is 14.0 Å². The Morgan fingerprint density at radius 3 is 2.67 bits per heavy atom. The number of ether oxygens (including phenoxy) is 1. The Labute approximate surface area is 73.7 Å². The Balaban J connectivity index is 3.24. The first-order valence-electron chi connectivity index (χ1n) is 4.17. The molecule has 2 N–H and O–H groups in total. The van der Waals surface area contributed by atoms with Gasteiger partial charge in [0.1, 0.15) is 0 Å². The maximum atomic E-state index is 10.7. The first kappa shape index (κ1) is 11.4. The molecule has 0 aliphatic rings. The molecule has 1 unspecified atom stereocenters. The minimum Gasteiger partial charge on any atom is -0.377 e. The standard InChI is InChI=1S/C8H18N2O2/c1-7(6-9-2)12-5-4-8(11)10-3/h7,9H,4-6H2,1-3H3,(H,10,11). The lowest BCUT2D eigenvalue weighted by atomic mass is 10.4. The summed E-state index contributed by atoms with van der Waals surface area (Å²) in [5, 5.41) is 5.53. The number of rotatable bonds is 6. The zero-order valence-electron chi connectivity index (χ0n) is 8.02. The Bertz CT molecular complexity index is 128. The molecule has 0 rings (SSSR count). The zero-order valence-corrected chi connectivity index (χ0v) is 8.02. The monoisotopic (exact) mass is 174 g/mol. The molecular formula is C8H18N2O2. The van der Waals surface area contributed by atoms with E-state index in [9.17, 15) is 4.79 Å². The Kier molecular flexibility index (Phi) is 6.70. The maximum Gasteiger partial charge on any atom is 0.222 e. The van der Waals surface area contributed by atoms with Crippen LogP contribution in [0.4, 0.5) is 0 Å². The lowest BCUT2D eigenvalue weighted by Crippen LogP contribution is -2.26. The third-order valence-electron chi connectivity index (χ3n) is 1.50. The number of hydrogen-bond acceptors (Lipinski definition) is 3. The molecule has 0 aromatic rings. The summed E-state index contributed by atoms with van der Waals surface area (Å²) in [5.41, 5.74) is 0. The van der Waals surface area contributed by atoms with Crippen molar-refractivity contribution in [1.29, 1.82) is 0 Å². The predicted molar refractivity (Wildman–Crippen MR) is 48.0 cm³/mol. The van der Waals surface area contributed by atoms with Crippen molar-refractivity contribution in [2.24, 2.45) is 0 Å². The molecule has 0 aromatic carbocycles. The Hall–Kier alpha value is -0.610. The number of carbonyl (C=O) groups excluding carboxylic acids is 1. The van der Waals surface area contributed by atoms with Gasteiger partial charge in [-0.3, -0.25) is 4.79 Å². The third kappa shape index (κ3) is 6.12. The molecule has 12 heavy (non-hydrogen) atoms. The third-order valence-corrected chi connectivity index (χ3v) is 1.50. The van der Waals surface area contributed by atoms with Crippen molar-refractivity contribution in [2.75, 3.05) is 27.2 Å². The van der Waals surface area contributed by atoms with E-state index in [4.69, 9.17) is 4.74 Å². The minimum absolute atomic E-state index is 0.0201. The summed E-state index contributed by atoms with van der Waals surface area (Å²) in [5.74, 6) is 0.0201. The van der Waals surface area contributed by atoms with Gasteiger partial charge in [-0.2, -0.15) is 0 Å². The molecule has 0 aliphatic heterocycles. The molecule has 1 amide bonds. The van der Waals surface area contributed by atoms with Crippen molar-refractivity contribution in [3.8, 4) is 0 Å². The van der Waals surface area contributed by atoms with E-state index in [1.54, 1.807) is 7.05 Å². The van der Waals surface area contributed by atoms with Crippen LogP contribution in [0, 0.1) is 0 Å². The van der Waals surface area contributed by atoms with E-state index >= 15 is 0 Å². The van der Waals surface area contributed by atoms with Crippen molar-refractivity contribution in [1.82, 2.24) is 10.6 Å². The molecule has 0 saturated heterocycles. The summed E-state index contributed by atoms with van der Waals surface area (Å²) in [6.07, 6.45) is 0.601. The van der Waals surface area contributed by atoms with Crippen LogP contribution in [0.15, 0.2) is 0 Å². The molecule has 0 aromatic heterocycles. The van der Waals surface area contributed by atoms with Crippen molar-refractivity contribution >= 4 is 5.91 Å². The van der Waals surface area contributed by atoms with E-state index in [2.05, 4.69) is 10.6 Å². The highest BCUT2D eigenvalue weighted by Gasteiger charge is 2.01. The second-order valence-corrected chi connectivity index (χ2v) is 2.66. The number of amides is 1. The van der Waals surface area contributed by atoms with Gasteiger partial charge in [-0.1, -0.05) is 0 Å². The van der Waals surface area contributed by atoms with Gasteiger partial charge < -0.3 is 15.4 Å². The quantitative estimate of drug-likeness (QED) is 0.583. The van der Waals surface area contributed by atoms with Gasteiger partial charge in [0.25, 0.3) is 0 Å². The highest BCUT2D eigenvalue weighted by molar-refractivity contribution is 5.75. The number of likely N-dealkylation sites (N-methyl/N-ethyl adjacent to an activating group) is 1. The van der Waals surface area contributed by atoms with Crippen LogP contribution in [0.5, 0.6) is 0 Å². The second kappa shape index (κ2) is 7.06. The van der Waals surface area contributed by atoms with Crippen LogP contribution in [0.2, 0.25) is 0 Å². The minimum atomic E-state index is 0.0201. The largest absolute Gasteiger partial charge is 0.377 e. The summed E-state index contributed by atoms with van der Waals surface area (Å²) in [6, 6.07) is 0.